The van der Waals surface area contributed by atoms with Crippen LogP contribution in [0.4, 0.5) is 0 Å². The van der Waals surface area contributed by atoms with Crippen molar-refractivity contribution in [2.75, 3.05) is 6.54 Å². The van der Waals surface area contributed by atoms with Crippen LogP contribution in [0.15, 0.2) is 10.6 Å². The van der Waals surface area contributed by atoms with Crippen LogP contribution in [0, 0.1) is 12.3 Å². The molecule has 0 fully saturated rings. The van der Waals surface area contributed by atoms with E-state index in [1.54, 1.807) is 0 Å². The van der Waals surface area contributed by atoms with Crippen LogP contribution in [0.3, 0.4) is 0 Å². The Morgan fingerprint density at radius 1 is 1.90 bits per heavy atom. The van der Waals surface area contributed by atoms with Crippen molar-refractivity contribution in [2.24, 2.45) is 0 Å². The van der Waals surface area contributed by atoms with Gasteiger partial charge in [-0.3, -0.25) is 5.32 Å². The summed E-state index contributed by atoms with van der Waals surface area (Å²) < 4.78 is 0. The summed E-state index contributed by atoms with van der Waals surface area (Å²) in [4.78, 5) is 0. The molecule has 0 aromatic rings. The lowest BCUT2D eigenvalue weighted by molar-refractivity contribution is 0.699. The molecule has 1 unspecified atom stereocenters. The van der Waals surface area contributed by atoms with E-state index in [4.69, 9.17) is 29.6 Å². The summed E-state index contributed by atoms with van der Waals surface area (Å²) in [6, 6.07) is 0.0327. The summed E-state index contributed by atoms with van der Waals surface area (Å²) in [5.41, 5.74) is 1.32. The summed E-state index contributed by atoms with van der Waals surface area (Å²) >= 11 is 10.9. The van der Waals surface area contributed by atoms with Gasteiger partial charge in [0.1, 0.15) is 0 Å². The lowest BCUT2D eigenvalue weighted by Crippen LogP contribution is -2.25. The van der Waals surface area contributed by atoms with Crippen molar-refractivity contribution in [3.63, 3.8) is 0 Å². The van der Waals surface area contributed by atoms with Gasteiger partial charge in [-0.25, -0.2) is 0 Å². The Morgan fingerprint density at radius 2 is 2.50 bits per heavy atom. The van der Waals surface area contributed by atoms with Gasteiger partial charge in [-0.15, -0.1) is 6.42 Å². The van der Waals surface area contributed by atoms with Crippen LogP contribution in [-0.2, 0) is 0 Å². The lowest BCUT2D eigenvalue weighted by Gasteiger charge is -2.04. The van der Waals surface area contributed by atoms with Crippen molar-refractivity contribution >= 4 is 23.2 Å². The van der Waals surface area contributed by atoms with Crippen molar-refractivity contribution < 1.29 is 0 Å². The average molecular weight is 178 g/mol. The molecule has 1 nitrogen and oxygen atoms in total. The molecule has 1 N–H and O–H groups in total. The summed E-state index contributed by atoms with van der Waals surface area (Å²) in [7, 11) is 0. The molecule has 0 amide bonds. The van der Waals surface area contributed by atoms with Crippen LogP contribution in [-0.4, -0.2) is 12.6 Å². The van der Waals surface area contributed by atoms with Crippen LogP contribution in [0.5, 0.6) is 0 Å². The third-order valence-corrected chi connectivity index (χ3v) is 1.56. The number of hydrogen-bond donors (Lipinski definition) is 1. The summed E-state index contributed by atoms with van der Waals surface area (Å²) in [6.07, 6.45) is 5.09. The molecule has 0 rings (SSSR count). The fourth-order valence-corrected chi connectivity index (χ4v) is 0.502. The van der Waals surface area contributed by atoms with E-state index in [-0.39, 0.29) is 6.04 Å². The summed E-state index contributed by atoms with van der Waals surface area (Å²) in [5, 5.41) is 3.52. The molecule has 0 aliphatic carbocycles. The molecule has 0 aromatic carbocycles. The minimum Gasteiger partial charge on any atom is -0.299 e. The minimum absolute atomic E-state index is 0.0327. The fraction of sp³-hybridized carbons (Fsp3) is 0.429. The first kappa shape index (κ1) is 9.84. The smallest absolute Gasteiger partial charge is 0.0661 e. The molecule has 0 aliphatic rings. The van der Waals surface area contributed by atoms with Gasteiger partial charge in [0.05, 0.1) is 6.04 Å². The molecule has 1 atom stereocenters. The van der Waals surface area contributed by atoms with Crippen LogP contribution in [0.1, 0.15) is 6.92 Å². The van der Waals surface area contributed by atoms with E-state index in [1.165, 1.54) is 5.54 Å². The molecule has 0 bridgehead atoms. The largest absolute Gasteiger partial charge is 0.299 e. The van der Waals surface area contributed by atoms with Crippen LogP contribution < -0.4 is 5.32 Å². The predicted molar refractivity (Wildman–Crippen MR) is 46.1 cm³/mol. The minimum atomic E-state index is 0.0327. The molecule has 0 heterocycles. The number of halogens is 2. The second kappa shape index (κ2) is 5.61. The van der Waals surface area contributed by atoms with E-state index in [1.807, 2.05) is 6.92 Å². The topological polar surface area (TPSA) is 12.0 Å². The van der Waals surface area contributed by atoms with E-state index in [0.717, 1.165) is 0 Å². The molecule has 0 radical (unpaired) electrons. The fourth-order valence-electron chi connectivity index (χ4n) is 0.348. The maximum Gasteiger partial charge on any atom is 0.0661 e. The van der Waals surface area contributed by atoms with E-state index >= 15 is 0 Å². The zero-order chi connectivity index (χ0) is 7.98. The number of nitrogens with one attached hydrogen (secondary N) is 1. The molecule has 10 heavy (non-hydrogen) atoms. The molecule has 0 aliphatic heterocycles. The van der Waals surface area contributed by atoms with E-state index in [2.05, 4.69) is 11.2 Å². The molecule has 0 saturated heterocycles. The quantitative estimate of drug-likeness (QED) is 0.651. The maximum absolute atomic E-state index is 5.56. The van der Waals surface area contributed by atoms with Gasteiger partial charge in [0.2, 0.25) is 0 Å². The monoisotopic (exact) mass is 177 g/mol. The third kappa shape index (κ3) is 4.69. The van der Waals surface area contributed by atoms with Crippen molar-refractivity contribution in [2.45, 2.75) is 13.0 Å². The van der Waals surface area contributed by atoms with E-state index in [9.17, 15) is 0 Å². The second-order valence-electron chi connectivity index (χ2n) is 1.83. The molecule has 56 valence electrons. The second-order valence-corrected chi connectivity index (χ2v) is 2.53. The highest BCUT2D eigenvalue weighted by molar-refractivity contribution is 6.36. The summed E-state index contributed by atoms with van der Waals surface area (Å²) in [6.45, 7) is 2.40. The average Bonchev–Trinajstić information content (AvgIpc) is 1.99. The van der Waals surface area contributed by atoms with Gasteiger partial charge in [-0.05, 0) is 6.92 Å². The van der Waals surface area contributed by atoms with Crippen LogP contribution in [0.25, 0.3) is 0 Å². The first-order valence-corrected chi connectivity index (χ1v) is 3.66. The van der Waals surface area contributed by atoms with Crippen molar-refractivity contribution in [3.8, 4) is 12.3 Å². The van der Waals surface area contributed by atoms with Gasteiger partial charge in [0, 0.05) is 17.1 Å². The molecule has 0 saturated carbocycles. The van der Waals surface area contributed by atoms with Crippen molar-refractivity contribution in [1.29, 1.82) is 0 Å². The van der Waals surface area contributed by atoms with Crippen molar-refractivity contribution in [1.82, 2.24) is 5.32 Å². The predicted octanol–water partition coefficient (Wildman–Crippen LogP) is 1.92. The van der Waals surface area contributed by atoms with Gasteiger partial charge in [0.15, 0.2) is 0 Å². The molecular formula is C7H9Cl2N. The molecular weight excluding hydrogens is 169 g/mol. The number of hydrogen-bond acceptors (Lipinski definition) is 1. The molecule has 0 aromatic heterocycles. The highest BCUT2D eigenvalue weighted by atomic mass is 35.5. The van der Waals surface area contributed by atoms with Gasteiger partial charge in [-0.1, -0.05) is 29.1 Å². The van der Waals surface area contributed by atoms with Gasteiger partial charge >= 0.3 is 0 Å². The summed E-state index contributed by atoms with van der Waals surface area (Å²) in [5.74, 6) is 2.50. The Hall–Kier alpha value is -0.160. The Kier molecular flexibility index (Phi) is 5.52. The standard InChI is InChI=1S/C7H9Cl2N/c1-3-6(2)10-5-7(9)4-8/h1,4,6,10H,5H2,2H3/b7-4-. The van der Waals surface area contributed by atoms with E-state index < -0.39 is 0 Å². The molecule has 3 heteroatoms. The Labute approximate surface area is 71.4 Å². The van der Waals surface area contributed by atoms with Crippen LogP contribution in [0.2, 0.25) is 0 Å². The van der Waals surface area contributed by atoms with Gasteiger partial charge < -0.3 is 0 Å². The lowest BCUT2D eigenvalue weighted by atomic mass is 10.3. The zero-order valence-corrected chi connectivity index (χ0v) is 7.21. The SMILES string of the molecule is C#CC(C)NC/C(Cl)=C/Cl. The number of rotatable bonds is 3. The van der Waals surface area contributed by atoms with E-state index in [0.29, 0.717) is 11.6 Å². The Morgan fingerprint density at radius 3 is 2.90 bits per heavy atom. The Bertz CT molecular complexity index is 157. The van der Waals surface area contributed by atoms with Gasteiger partial charge in [0.25, 0.3) is 0 Å². The van der Waals surface area contributed by atoms with Crippen LogP contribution >= 0.6 is 23.2 Å². The number of terminal acetylenes is 1. The highest BCUT2D eigenvalue weighted by Gasteiger charge is 1.95. The van der Waals surface area contributed by atoms with Crippen molar-refractivity contribution in [3.05, 3.63) is 10.6 Å². The first-order valence-electron chi connectivity index (χ1n) is 2.85. The Balaban J connectivity index is 3.47. The van der Waals surface area contributed by atoms with Gasteiger partial charge in [-0.2, -0.15) is 0 Å². The maximum atomic E-state index is 5.56. The third-order valence-electron chi connectivity index (χ3n) is 0.946. The normalized spacial score (nSPS) is 14.4. The first-order chi connectivity index (χ1) is 4.70. The molecule has 0 spiro atoms. The highest BCUT2D eigenvalue weighted by Crippen LogP contribution is 2.00. The zero-order valence-electron chi connectivity index (χ0n) is 5.70.